The van der Waals surface area contributed by atoms with Crippen LogP contribution < -0.4 is 0 Å². The fraction of sp³-hybridized carbons (Fsp3) is 0.176. The lowest BCUT2D eigenvalue weighted by atomic mass is 10.1. The van der Waals surface area contributed by atoms with E-state index in [0.29, 0.717) is 12.2 Å². The zero-order chi connectivity index (χ0) is 14.1. The average molecular weight is 270 g/mol. The molecule has 0 aliphatic heterocycles. The van der Waals surface area contributed by atoms with E-state index < -0.39 is 6.10 Å². The van der Waals surface area contributed by atoms with Crippen LogP contribution in [0, 0.1) is 12.7 Å². The standard InChI is InChI=1S/C17H15FO2/c1-11-5-6-16-13(7-11)10-17(20-16)15(19)9-12-3-2-4-14(18)8-12/h2-8,10,15,19H,9H2,1H3. The quantitative estimate of drug-likeness (QED) is 0.775. The lowest BCUT2D eigenvalue weighted by Crippen LogP contribution is -2.00. The number of aliphatic hydroxyl groups is 1. The van der Waals surface area contributed by atoms with E-state index in [4.69, 9.17) is 4.42 Å². The maximum absolute atomic E-state index is 13.1. The molecule has 1 atom stereocenters. The van der Waals surface area contributed by atoms with Crippen LogP contribution in [0.4, 0.5) is 4.39 Å². The Morgan fingerprint density at radius 1 is 1.15 bits per heavy atom. The van der Waals surface area contributed by atoms with E-state index >= 15 is 0 Å². The number of benzene rings is 2. The van der Waals surface area contributed by atoms with Gasteiger partial charge in [-0.05, 0) is 42.8 Å². The van der Waals surface area contributed by atoms with Gasteiger partial charge >= 0.3 is 0 Å². The smallest absolute Gasteiger partial charge is 0.134 e. The molecule has 0 radical (unpaired) electrons. The maximum atomic E-state index is 13.1. The second kappa shape index (κ2) is 5.10. The van der Waals surface area contributed by atoms with Crippen molar-refractivity contribution in [2.75, 3.05) is 0 Å². The first-order valence-corrected chi connectivity index (χ1v) is 6.54. The fourth-order valence-corrected chi connectivity index (χ4v) is 2.34. The zero-order valence-electron chi connectivity index (χ0n) is 11.1. The largest absolute Gasteiger partial charge is 0.458 e. The molecule has 2 aromatic carbocycles. The van der Waals surface area contributed by atoms with Gasteiger partial charge in [0.2, 0.25) is 0 Å². The second-order valence-corrected chi connectivity index (χ2v) is 5.04. The van der Waals surface area contributed by atoms with E-state index in [0.717, 1.165) is 22.1 Å². The number of fused-ring (bicyclic) bond motifs is 1. The van der Waals surface area contributed by atoms with Crippen molar-refractivity contribution in [3.05, 3.63) is 71.2 Å². The van der Waals surface area contributed by atoms with Gasteiger partial charge in [0.05, 0.1) is 0 Å². The van der Waals surface area contributed by atoms with Crippen LogP contribution in [-0.4, -0.2) is 5.11 Å². The molecule has 3 rings (SSSR count). The highest BCUT2D eigenvalue weighted by Crippen LogP contribution is 2.26. The van der Waals surface area contributed by atoms with Gasteiger partial charge in [0, 0.05) is 11.8 Å². The summed E-state index contributed by atoms with van der Waals surface area (Å²) in [6.07, 6.45) is -0.444. The second-order valence-electron chi connectivity index (χ2n) is 5.04. The van der Waals surface area contributed by atoms with Crippen LogP contribution in [0.5, 0.6) is 0 Å². The van der Waals surface area contributed by atoms with Gasteiger partial charge in [-0.1, -0.05) is 23.8 Å². The van der Waals surface area contributed by atoms with Crippen molar-refractivity contribution in [1.29, 1.82) is 0 Å². The Balaban J connectivity index is 1.86. The third-order valence-electron chi connectivity index (χ3n) is 3.34. The summed E-state index contributed by atoms with van der Waals surface area (Å²) in [5.74, 6) is 0.213. The Kier molecular flexibility index (Phi) is 3.28. The van der Waals surface area contributed by atoms with Crippen molar-refractivity contribution in [2.24, 2.45) is 0 Å². The molecule has 2 nitrogen and oxygen atoms in total. The summed E-state index contributed by atoms with van der Waals surface area (Å²) in [6, 6.07) is 14.0. The molecule has 1 aromatic heterocycles. The van der Waals surface area contributed by atoms with Gasteiger partial charge in [-0.3, -0.25) is 0 Å². The SMILES string of the molecule is Cc1ccc2oc(C(O)Cc3cccc(F)c3)cc2c1. The number of rotatable bonds is 3. The molecule has 0 amide bonds. The molecular formula is C17H15FO2. The summed E-state index contributed by atoms with van der Waals surface area (Å²) >= 11 is 0. The summed E-state index contributed by atoms with van der Waals surface area (Å²) in [4.78, 5) is 0. The Labute approximate surface area is 116 Å². The van der Waals surface area contributed by atoms with Gasteiger partial charge in [-0.2, -0.15) is 0 Å². The molecule has 102 valence electrons. The van der Waals surface area contributed by atoms with Gasteiger partial charge < -0.3 is 9.52 Å². The lowest BCUT2D eigenvalue weighted by molar-refractivity contribution is 0.152. The van der Waals surface area contributed by atoms with Crippen LogP contribution in [0.1, 0.15) is 23.0 Å². The number of halogens is 1. The van der Waals surface area contributed by atoms with Crippen LogP contribution in [0.3, 0.4) is 0 Å². The number of aryl methyl sites for hydroxylation is 1. The Morgan fingerprint density at radius 2 is 2.00 bits per heavy atom. The van der Waals surface area contributed by atoms with Crippen LogP contribution in [-0.2, 0) is 6.42 Å². The summed E-state index contributed by atoms with van der Waals surface area (Å²) in [7, 11) is 0. The van der Waals surface area contributed by atoms with Crippen molar-refractivity contribution in [2.45, 2.75) is 19.4 Å². The highest BCUT2D eigenvalue weighted by molar-refractivity contribution is 5.78. The third kappa shape index (κ3) is 2.58. The number of aliphatic hydroxyl groups excluding tert-OH is 1. The Morgan fingerprint density at radius 3 is 2.80 bits per heavy atom. The molecule has 0 spiro atoms. The van der Waals surface area contributed by atoms with Gasteiger partial charge in [0.15, 0.2) is 0 Å². The van der Waals surface area contributed by atoms with Gasteiger partial charge in [-0.25, -0.2) is 4.39 Å². The topological polar surface area (TPSA) is 33.4 Å². The van der Waals surface area contributed by atoms with Crippen molar-refractivity contribution in [1.82, 2.24) is 0 Å². The number of hydrogen-bond acceptors (Lipinski definition) is 2. The highest BCUT2D eigenvalue weighted by Gasteiger charge is 2.14. The third-order valence-corrected chi connectivity index (χ3v) is 3.34. The molecule has 0 saturated heterocycles. The predicted molar refractivity (Wildman–Crippen MR) is 76.0 cm³/mol. The summed E-state index contributed by atoms with van der Waals surface area (Å²) < 4.78 is 18.8. The van der Waals surface area contributed by atoms with Crippen LogP contribution in [0.25, 0.3) is 11.0 Å². The van der Waals surface area contributed by atoms with E-state index in [1.807, 2.05) is 31.2 Å². The molecular weight excluding hydrogens is 255 g/mol. The minimum atomic E-state index is -0.774. The molecule has 20 heavy (non-hydrogen) atoms. The van der Waals surface area contributed by atoms with Crippen molar-refractivity contribution >= 4 is 11.0 Å². The monoisotopic (exact) mass is 270 g/mol. The molecule has 0 bridgehead atoms. The highest BCUT2D eigenvalue weighted by atomic mass is 19.1. The van der Waals surface area contributed by atoms with E-state index in [1.54, 1.807) is 12.1 Å². The fourth-order valence-electron chi connectivity index (χ4n) is 2.34. The minimum Gasteiger partial charge on any atom is -0.458 e. The molecule has 1 heterocycles. The minimum absolute atomic E-state index is 0.296. The van der Waals surface area contributed by atoms with E-state index in [9.17, 15) is 9.50 Å². The Hall–Kier alpha value is -2.13. The lowest BCUT2D eigenvalue weighted by Gasteiger charge is -2.07. The molecule has 0 saturated carbocycles. The number of hydrogen-bond donors (Lipinski definition) is 1. The average Bonchev–Trinajstić information content (AvgIpc) is 2.81. The zero-order valence-corrected chi connectivity index (χ0v) is 11.1. The van der Waals surface area contributed by atoms with Crippen LogP contribution >= 0.6 is 0 Å². The van der Waals surface area contributed by atoms with Crippen molar-refractivity contribution < 1.29 is 13.9 Å². The maximum Gasteiger partial charge on any atom is 0.134 e. The molecule has 1 N–H and O–H groups in total. The normalized spacial score (nSPS) is 12.8. The summed E-state index contributed by atoms with van der Waals surface area (Å²) in [5.41, 5.74) is 2.64. The first-order chi connectivity index (χ1) is 9.61. The van der Waals surface area contributed by atoms with E-state index in [-0.39, 0.29) is 5.82 Å². The number of furan rings is 1. The first-order valence-electron chi connectivity index (χ1n) is 6.54. The van der Waals surface area contributed by atoms with Crippen molar-refractivity contribution in [3.8, 4) is 0 Å². The molecule has 3 heteroatoms. The molecule has 0 aliphatic rings. The first kappa shape index (κ1) is 12.9. The van der Waals surface area contributed by atoms with E-state index in [2.05, 4.69) is 0 Å². The predicted octanol–water partition coefficient (Wildman–Crippen LogP) is 4.16. The van der Waals surface area contributed by atoms with Crippen molar-refractivity contribution in [3.63, 3.8) is 0 Å². The molecule has 1 unspecified atom stereocenters. The summed E-state index contributed by atoms with van der Waals surface area (Å²) in [6.45, 7) is 2.01. The van der Waals surface area contributed by atoms with E-state index in [1.165, 1.54) is 12.1 Å². The summed E-state index contributed by atoms with van der Waals surface area (Å²) in [5, 5.41) is 11.2. The van der Waals surface area contributed by atoms with Crippen LogP contribution in [0.15, 0.2) is 52.9 Å². The molecule has 3 aromatic rings. The van der Waals surface area contributed by atoms with Gasteiger partial charge in [0.25, 0.3) is 0 Å². The van der Waals surface area contributed by atoms with Gasteiger partial charge in [0.1, 0.15) is 23.3 Å². The molecule has 0 fully saturated rings. The molecule has 0 aliphatic carbocycles. The van der Waals surface area contributed by atoms with Gasteiger partial charge in [-0.15, -0.1) is 0 Å². The van der Waals surface area contributed by atoms with Crippen LogP contribution in [0.2, 0.25) is 0 Å². The Bertz CT molecular complexity index is 746.